The number of halogens is 2. The molecule has 0 heterocycles. The summed E-state index contributed by atoms with van der Waals surface area (Å²) in [6, 6.07) is 4.63. The first-order chi connectivity index (χ1) is 8.68. The van der Waals surface area contributed by atoms with E-state index >= 15 is 0 Å². The van der Waals surface area contributed by atoms with Gasteiger partial charge < -0.3 is 5.32 Å². The Balaban J connectivity index is 1.86. The van der Waals surface area contributed by atoms with Crippen molar-refractivity contribution in [2.24, 2.45) is 0 Å². The average Bonchev–Trinajstić information content (AvgIpc) is 3.03. The van der Waals surface area contributed by atoms with E-state index in [1.54, 1.807) is 0 Å². The summed E-state index contributed by atoms with van der Waals surface area (Å²) in [7, 11) is 0. The van der Waals surface area contributed by atoms with Crippen LogP contribution in [0.1, 0.15) is 44.1 Å². The summed E-state index contributed by atoms with van der Waals surface area (Å²) in [5.41, 5.74) is 0.788. The first-order valence-corrected chi connectivity index (χ1v) is 6.88. The molecular formula is C15H19F2N. The molecule has 3 rings (SSSR count). The minimum atomic E-state index is -0.456. The highest BCUT2D eigenvalue weighted by Gasteiger charge is 2.37. The molecule has 1 aromatic rings. The van der Waals surface area contributed by atoms with Crippen molar-refractivity contribution in [2.75, 3.05) is 6.54 Å². The van der Waals surface area contributed by atoms with E-state index in [2.05, 4.69) is 5.32 Å². The molecule has 0 bridgehead atoms. The molecule has 2 saturated carbocycles. The quantitative estimate of drug-likeness (QED) is 0.863. The van der Waals surface area contributed by atoms with E-state index in [-0.39, 0.29) is 5.41 Å². The molecule has 18 heavy (non-hydrogen) atoms. The summed E-state index contributed by atoms with van der Waals surface area (Å²) in [6.07, 6.45) is 6.88. The van der Waals surface area contributed by atoms with Gasteiger partial charge in [0, 0.05) is 24.1 Å². The van der Waals surface area contributed by atoms with Crippen LogP contribution in [0.15, 0.2) is 18.2 Å². The summed E-state index contributed by atoms with van der Waals surface area (Å²) in [4.78, 5) is 0. The summed E-state index contributed by atoms with van der Waals surface area (Å²) >= 11 is 0. The third kappa shape index (κ3) is 2.41. The number of nitrogens with one attached hydrogen (secondary N) is 1. The molecular weight excluding hydrogens is 232 g/mol. The van der Waals surface area contributed by atoms with E-state index in [1.165, 1.54) is 25.0 Å². The van der Waals surface area contributed by atoms with Crippen molar-refractivity contribution in [3.8, 4) is 0 Å². The Bertz CT molecular complexity index is 414. The molecule has 2 fully saturated rings. The maximum Gasteiger partial charge on any atom is 0.126 e. The number of rotatable bonds is 4. The first kappa shape index (κ1) is 12.1. The van der Waals surface area contributed by atoms with Gasteiger partial charge in [0.15, 0.2) is 0 Å². The first-order valence-electron chi connectivity index (χ1n) is 6.88. The van der Waals surface area contributed by atoms with Crippen LogP contribution in [-0.4, -0.2) is 12.6 Å². The Morgan fingerprint density at radius 3 is 2.22 bits per heavy atom. The fourth-order valence-electron chi connectivity index (χ4n) is 3.11. The number of benzene rings is 1. The summed E-state index contributed by atoms with van der Waals surface area (Å²) in [5, 5.41) is 3.53. The molecule has 2 aliphatic rings. The molecule has 0 atom stereocenters. The van der Waals surface area contributed by atoms with Crippen LogP contribution >= 0.6 is 0 Å². The maximum absolute atomic E-state index is 13.4. The van der Waals surface area contributed by atoms with E-state index in [4.69, 9.17) is 0 Å². The molecule has 3 heteroatoms. The molecule has 0 amide bonds. The molecule has 0 spiro atoms. The van der Waals surface area contributed by atoms with Gasteiger partial charge in [0.1, 0.15) is 11.6 Å². The number of hydrogen-bond acceptors (Lipinski definition) is 1. The monoisotopic (exact) mass is 251 g/mol. The largest absolute Gasteiger partial charge is 0.313 e. The average molecular weight is 251 g/mol. The van der Waals surface area contributed by atoms with Gasteiger partial charge in [-0.05, 0) is 43.4 Å². The van der Waals surface area contributed by atoms with E-state index in [1.807, 2.05) is 0 Å². The fourth-order valence-corrected chi connectivity index (χ4v) is 3.11. The summed E-state index contributed by atoms with van der Waals surface area (Å²) in [5.74, 6) is -0.912. The molecule has 0 unspecified atom stereocenters. The normalized spacial score (nSPS) is 22.3. The fraction of sp³-hybridized carbons (Fsp3) is 0.600. The van der Waals surface area contributed by atoms with E-state index in [0.717, 1.165) is 43.9 Å². The highest BCUT2D eigenvalue weighted by Crippen LogP contribution is 2.41. The van der Waals surface area contributed by atoms with Gasteiger partial charge in [0.05, 0.1) is 0 Å². The standard InChI is InChI=1S/C15H19F2N/c16-12-7-11(8-13(17)9-12)15(5-1-2-6-15)10-18-14-3-4-14/h7-9,14,18H,1-6,10H2. The predicted molar refractivity (Wildman–Crippen MR) is 67.5 cm³/mol. The second-order valence-electron chi connectivity index (χ2n) is 5.80. The van der Waals surface area contributed by atoms with E-state index in [9.17, 15) is 8.78 Å². The van der Waals surface area contributed by atoms with Crippen LogP contribution in [0.3, 0.4) is 0 Å². The lowest BCUT2D eigenvalue weighted by molar-refractivity contribution is 0.399. The van der Waals surface area contributed by atoms with Crippen LogP contribution < -0.4 is 5.32 Å². The van der Waals surface area contributed by atoms with Crippen LogP contribution in [0.25, 0.3) is 0 Å². The molecule has 98 valence electrons. The molecule has 1 nitrogen and oxygen atoms in total. The third-order valence-corrected chi connectivity index (χ3v) is 4.34. The zero-order valence-corrected chi connectivity index (χ0v) is 10.5. The van der Waals surface area contributed by atoms with Crippen LogP contribution in [0.4, 0.5) is 8.78 Å². The zero-order chi connectivity index (χ0) is 12.6. The van der Waals surface area contributed by atoms with Gasteiger partial charge in [-0.15, -0.1) is 0 Å². The van der Waals surface area contributed by atoms with Crippen molar-refractivity contribution in [3.63, 3.8) is 0 Å². The van der Waals surface area contributed by atoms with Gasteiger partial charge in [-0.25, -0.2) is 8.78 Å². The lowest BCUT2D eigenvalue weighted by Crippen LogP contribution is -2.37. The Labute approximate surface area is 107 Å². The van der Waals surface area contributed by atoms with Gasteiger partial charge in [-0.3, -0.25) is 0 Å². The Morgan fingerprint density at radius 1 is 1.06 bits per heavy atom. The van der Waals surface area contributed by atoms with Crippen molar-refractivity contribution in [1.82, 2.24) is 5.32 Å². The summed E-state index contributed by atoms with van der Waals surface area (Å²) in [6.45, 7) is 0.862. The van der Waals surface area contributed by atoms with Gasteiger partial charge >= 0.3 is 0 Å². The third-order valence-electron chi connectivity index (χ3n) is 4.34. The maximum atomic E-state index is 13.4. The smallest absolute Gasteiger partial charge is 0.126 e. The van der Waals surface area contributed by atoms with Crippen LogP contribution in [0.5, 0.6) is 0 Å². The Morgan fingerprint density at radius 2 is 1.67 bits per heavy atom. The van der Waals surface area contributed by atoms with Crippen LogP contribution in [0, 0.1) is 11.6 Å². The van der Waals surface area contributed by atoms with Crippen molar-refractivity contribution < 1.29 is 8.78 Å². The van der Waals surface area contributed by atoms with Gasteiger partial charge in [-0.2, -0.15) is 0 Å². The van der Waals surface area contributed by atoms with E-state index in [0.29, 0.717) is 6.04 Å². The highest BCUT2D eigenvalue weighted by atomic mass is 19.1. The second-order valence-corrected chi connectivity index (χ2v) is 5.80. The van der Waals surface area contributed by atoms with Crippen LogP contribution in [-0.2, 0) is 5.41 Å². The van der Waals surface area contributed by atoms with Crippen LogP contribution in [0.2, 0.25) is 0 Å². The number of hydrogen-bond donors (Lipinski definition) is 1. The highest BCUT2D eigenvalue weighted by molar-refractivity contribution is 5.29. The zero-order valence-electron chi connectivity index (χ0n) is 10.5. The van der Waals surface area contributed by atoms with Crippen molar-refractivity contribution in [1.29, 1.82) is 0 Å². The topological polar surface area (TPSA) is 12.0 Å². The van der Waals surface area contributed by atoms with Gasteiger partial charge in [0.25, 0.3) is 0 Å². The molecule has 1 aromatic carbocycles. The lowest BCUT2D eigenvalue weighted by Gasteiger charge is -2.30. The SMILES string of the molecule is Fc1cc(F)cc(C2(CNC3CC3)CCCC2)c1. The van der Waals surface area contributed by atoms with Crippen molar-refractivity contribution >= 4 is 0 Å². The lowest BCUT2D eigenvalue weighted by atomic mass is 9.78. The molecule has 2 aliphatic carbocycles. The Hall–Kier alpha value is -0.960. The van der Waals surface area contributed by atoms with E-state index < -0.39 is 11.6 Å². The van der Waals surface area contributed by atoms with Crippen molar-refractivity contribution in [2.45, 2.75) is 50.0 Å². The Kier molecular flexibility index (Phi) is 3.10. The summed E-state index contributed by atoms with van der Waals surface area (Å²) < 4.78 is 26.8. The minimum Gasteiger partial charge on any atom is -0.313 e. The molecule has 0 saturated heterocycles. The molecule has 1 N–H and O–H groups in total. The molecule has 0 aromatic heterocycles. The van der Waals surface area contributed by atoms with Gasteiger partial charge in [0.2, 0.25) is 0 Å². The predicted octanol–water partition coefficient (Wildman–Crippen LogP) is 3.53. The molecule has 0 radical (unpaired) electrons. The van der Waals surface area contributed by atoms with Gasteiger partial charge in [-0.1, -0.05) is 12.8 Å². The second kappa shape index (κ2) is 4.61. The minimum absolute atomic E-state index is 0.0501. The molecule has 0 aliphatic heterocycles. The van der Waals surface area contributed by atoms with Crippen molar-refractivity contribution in [3.05, 3.63) is 35.4 Å².